The molecule has 0 heterocycles. The lowest BCUT2D eigenvalue weighted by molar-refractivity contribution is -0.130. The summed E-state index contributed by atoms with van der Waals surface area (Å²) in [5, 5.41) is 7.24. The molecule has 0 amide bonds. The summed E-state index contributed by atoms with van der Waals surface area (Å²) in [5.74, 6) is -0.880. The minimum absolute atomic E-state index is 0.00831. The second kappa shape index (κ2) is 6.63. The molecule has 0 aromatic rings. The second-order valence-corrected chi connectivity index (χ2v) is 2.45. The molecule has 0 aromatic carbocycles. The molecule has 0 bridgehead atoms. The quantitative estimate of drug-likeness (QED) is 0.315. The van der Waals surface area contributed by atoms with Gasteiger partial charge in [-0.1, -0.05) is 15.5 Å². The van der Waals surface area contributed by atoms with Gasteiger partial charge in [0.1, 0.15) is 18.6 Å². The Labute approximate surface area is 78.0 Å². The average molecular weight is 201 g/mol. The highest BCUT2D eigenvalue weighted by Gasteiger charge is 2.26. The summed E-state index contributed by atoms with van der Waals surface area (Å²) in [6, 6.07) is -2.59. The third-order valence-electron chi connectivity index (χ3n) is 1.52. The number of aldehydes is 1. The Morgan fingerprint density at radius 3 is 2.07 bits per heavy atom. The molecule has 0 saturated heterocycles. The first-order chi connectivity index (χ1) is 6.69. The van der Waals surface area contributed by atoms with E-state index in [1.54, 1.807) is 0 Å². The van der Waals surface area contributed by atoms with Crippen molar-refractivity contribution in [2.75, 3.05) is 6.54 Å². The molecule has 0 aromatic heterocycles. The maximum Gasteiger partial charge on any atom is 0.197 e. The van der Waals surface area contributed by atoms with Crippen LogP contribution in [0.1, 0.15) is 6.42 Å². The van der Waals surface area contributed by atoms with E-state index >= 15 is 0 Å². The van der Waals surface area contributed by atoms with Gasteiger partial charge in [-0.3, -0.25) is 9.59 Å². The van der Waals surface area contributed by atoms with Crippen LogP contribution in [0, 0.1) is 14.7 Å². The molecule has 76 valence electrons. The molecule has 0 N–H and O–H groups in total. The Morgan fingerprint density at radius 2 is 1.71 bits per heavy atom. The molecule has 2 atom stereocenters. The molecule has 0 aliphatic carbocycles. The highest BCUT2D eigenvalue weighted by Crippen LogP contribution is 2.08. The topological polar surface area (TPSA) is 122 Å². The molecule has 0 aliphatic heterocycles. The lowest BCUT2D eigenvalue weighted by Crippen LogP contribution is -2.27. The lowest BCUT2D eigenvalue weighted by Gasteiger charge is -2.08. The molecule has 2 unspecified atom stereocenters. The highest BCUT2D eigenvalue weighted by molar-refractivity contribution is 6.25. The van der Waals surface area contributed by atoms with Crippen molar-refractivity contribution in [3.05, 3.63) is 14.7 Å². The predicted molar refractivity (Wildman–Crippen MR) is 45.5 cm³/mol. The minimum atomic E-state index is -1.30. The summed E-state index contributed by atoms with van der Waals surface area (Å²) in [4.78, 5) is 50.6. The number of ketones is 1. The van der Waals surface area contributed by atoms with Gasteiger partial charge in [0.15, 0.2) is 12.1 Å². The molecular formula is C6H7N3O5. The Kier molecular flexibility index (Phi) is 5.75. The number of nitroso groups, excluding NO2 is 3. The highest BCUT2D eigenvalue weighted by atomic mass is 16.3. The van der Waals surface area contributed by atoms with Crippen molar-refractivity contribution >= 4 is 12.1 Å². The fraction of sp³-hybridized carbons (Fsp3) is 0.667. The van der Waals surface area contributed by atoms with Crippen molar-refractivity contribution in [2.24, 2.45) is 15.5 Å². The molecule has 14 heavy (non-hydrogen) atoms. The van der Waals surface area contributed by atoms with E-state index in [9.17, 15) is 24.3 Å². The zero-order valence-electron chi connectivity index (χ0n) is 7.03. The number of hydrogen-bond acceptors (Lipinski definition) is 8. The summed E-state index contributed by atoms with van der Waals surface area (Å²) >= 11 is 0. The van der Waals surface area contributed by atoms with Crippen LogP contribution in [0.3, 0.4) is 0 Å². The molecule has 0 radical (unpaired) electrons. The molecule has 0 saturated carbocycles. The zero-order chi connectivity index (χ0) is 11.0. The van der Waals surface area contributed by atoms with E-state index in [1.165, 1.54) is 0 Å². The number of nitrogens with zero attached hydrogens (tertiary/aromatic N) is 3. The van der Waals surface area contributed by atoms with Crippen LogP contribution in [0.15, 0.2) is 15.5 Å². The third-order valence-corrected chi connectivity index (χ3v) is 1.52. The Balaban J connectivity index is 4.41. The summed E-state index contributed by atoms with van der Waals surface area (Å²) in [6.07, 6.45) is -0.521. The number of Topliss-reactive ketones (excluding diaryl/α,β-unsaturated/α-hetero) is 1. The van der Waals surface area contributed by atoms with E-state index in [4.69, 9.17) is 0 Å². The van der Waals surface area contributed by atoms with E-state index in [1.807, 2.05) is 0 Å². The van der Waals surface area contributed by atoms with Crippen molar-refractivity contribution in [2.45, 2.75) is 18.5 Å². The molecular weight excluding hydrogens is 194 g/mol. The van der Waals surface area contributed by atoms with Gasteiger partial charge in [0.25, 0.3) is 0 Å². The van der Waals surface area contributed by atoms with E-state index in [-0.39, 0.29) is 6.29 Å². The van der Waals surface area contributed by atoms with Crippen molar-refractivity contribution in [1.82, 2.24) is 0 Å². The second-order valence-electron chi connectivity index (χ2n) is 2.45. The van der Waals surface area contributed by atoms with Crippen LogP contribution in [0.2, 0.25) is 0 Å². The van der Waals surface area contributed by atoms with Gasteiger partial charge in [0, 0.05) is 6.42 Å². The van der Waals surface area contributed by atoms with Crippen LogP contribution >= 0.6 is 0 Å². The standard InChI is InChI=1S/C6H7N3O5/c10-3-4(11)1-5(8-13)6(9-14)2-7-12/h3,5-6H,1-2H2. The molecule has 0 fully saturated rings. The first-order valence-corrected chi connectivity index (χ1v) is 3.61. The van der Waals surface area contributed by atoms with Crippen LogP contribution < -0.4 is 0 Å². The number of rotatable bonds is 8. The number of hydrogen-bond donors (Lipinski definition) is 0. The van der Waals surface area contributed by atoms with Gasteiger partial charge in [-0.25, -0.2) is 0 Å². The first kappa shape index (κ1) is 12.1. The van der Waals surface area contributed by atoms with Gasteiger partial charge >= 0.3 is 0 Å². The van der Waals surface area contributed by atoms with Crippen molar-refractivity contribution in [1.29, 1.82) is 0 Å². The largest absolute Gasteiger partial charge is 0.295 e. The molecule has 0 aliphatic rings. The van der Waals surface area contributed by atoms with Crippen LogP contribution in [-0.4, -0.2) is 30.7 Å². The summed E-state index contributed by atoms with van der Waals surface area (Å²) in [7, 11) is 0. The Morgan fingerprint density at radius 1 is 1.14 bits per heavy atom. The molecule has 8 heteroatoms. The van der Waals surface area contributed by atoms with Gasteiger partial charge in [-0.15, -0.1) is 0 Å². The van der Waals surface area contributed by atoms with Gasteiger partial charge in [0.2, 0.25) is 0 Å². The Bertz CT molecular complexity index is 254. The van der Waals surface area contributed by atoms with E-state index in [0.29, 0.717) is 0 Å². The summed E-state index contributed by atoms with van der Waals surface area (Å²) in [6.45, 7) is -0.536. The van der Waals surface area contributed by atoms with E-state index in [0.717, 1.165) is 0 Å². The predicted octanol–water partition coefficient (Wildman–Crippen LogP) is 0.181. The van der Waals surface area contributed by atoms with Crippen LogP contribution in [-0.2, 0) is 9.59 Å². The van der Waals surface area contributed by atoms with Gasteiger partial charge in [-0.2, -0.15) is 14.7 Å². The normalized spacial score (nSPS) is 13.7. The zero-order valence-corrected chi connectivity index (χ0v) is 7.03. The maximum absolute atomic E-state index is 10.6. The lowest BCUT2D eigenvalue weighted by atomic mass is 10.0. The van der Waals surface area contributed by atoms with Crippen LogP contribution in [0.4, 0.5) is 0 Å². The molecule has 0 rings (SSSR count). The first-order valence-electron chi connectivity index (χ1n) is 3.61. The van der Waals surface area contributed by atoms with E-state index < -0.39 is 30.8 Å². The molecule has 0 spiro atoms. The minimum Gasteiger partial charge on any atom is -0.295 e. The smallest absolute Gasteiger partial charge is 0.197 e. The number of carbonyl (C=O) groups is 2. The van der Waals surface area contributed by atoms with Crippen molar-refractivity contribution in [3.63, 3.8) is 0 Å². The third kappa shape index (κ3) is 3.70. The molecule has 8 nitrogen and oxygen atoms in total. The fourth-order valence-electron chi connectivity index (χ4n) is 0.799. The van der Waals surface area contributed by atoms with Gasteiger partial charge < -0.3 is 0 Å². The van der Waals surface area contributed by atoms with E-state index in [2.05, 4.69) is 15.5 Å². The summed E-state index contributed by atoms with van der Waals surface area (Å²) < 4.78 is 0. The van der Waals surface area contributed by atoms with Gasteiger partial charge in [0.05, 0.1) is 0 Å². The monoisotopic (exact) mass is 201 g/mol. The fourth-order valence-corrected chi connectivity index (χ4v) is 0.799. The van der Waals surface area contributed by atoms with Crippen LogP contribution in [0.25, 0.3) is 0 Å². The van der Waals surface area contributed by atoms with Crippen molar-refractivity contribution < 1.29 is 9.59 Å². The summed E-state index contributed by atoms with van der Waals surface area (Å²) in [5.41, 5.74) is 0. The SMILES string of the molecule is O=CC(=O)CC(N=O)C(CN=O)N=O. The maximum atomic E-state index is 10.6. The van der Waals surface area contributed by atoms with Gasteiger partial charge in [-0.05, 0) is 0 Å². The number of carbonyl (C=O) groups excluding carboxylic acids is 2. The van der Waals surface area contributed by atoms with Crippen LogP contribution in [0.5, 0.6) is 0 Å². The Hall–Kier alpha value is -1.86. The van der Waals surface area contributed by atoms with Crippen molar-refractivity contribution in [3.8, 4) is 0 Å². The average Bonchev–Trinajstić information content (AvgIpc) is 2.22.